The van der Waals surface area contributed by atoms with Crippen LogP contribution in [0, 0.1) is 11.6 Å². The van der Waals surface area contributed by atoms with Crippen molar-refractivity contribution in [2.75, 3.05) is 64.9 Å². The third-order valence-corrected chi connectivity index (χ3v) is 7.94. The summed E-state index contributed by atoms with van der Waals surface area (Å²) in [4.78, 5) is 26.0. The molecule has 0 aliphatic carbocycles. The van der Waals surface area contributed by atoms with Gasteiger partial charge in [-0.15, -0.1) is 0 Å². The van der Waals surface area contributed by atoms with Gasteiger partial charge in [0, 0.05) is 44.9 Å². The van der Waals surface area contributed by atoms with Gasteiger partial charge in [-0.2, -0.15) is 0 Å². The summed E-state index contributed by atoms with van der Waals surface area (Å²) in [6, 6.07) is 10.5. The summed E-state index contributed by atoms with van der Waals surface area (Å²) in [5.41, 5.74) is 1.18. The lowest BCUT2D eigenvalue weighted by Crippen LogP contribution is -2.44. The van der Waals surface area contributed by atoms with Gasteiger partial charge in [0.25, 0.3) is 0 Å². The number of hydrogen-bond acceptors (Lipinski definition) is 9. The van der Waals surface area contributed by atoms with Crippen LogP contribution in [0.4, 0.5) is 19.3 Å². The van der Waals surface area contributed by atoms with Crippen molar-refractivity contribution in [1.29, 1.82) is 0 Å². The average molecular weight is 635 g/mol. The van der Waals surface area contributed by atoms with Gasteiger partial charge in [0.15, 0.2) is 11.5 Å². The molecule has 2 amide bonds. The first-order valence-corrected chi connectivity index (χ1v) is 15.3. The number of piperazine rings is 1. The van der Waals surface area contributed by atoms with Gasteiger partial charge in [-0.3, -0.25) is 0 Å². The molecule has 2 N–H and O–H groups in total. The third kappa shape index (κ3) is 7.37. The Balaban J connectivity index is 1.13. The predicted octanol–water partition coefficient (Wildman–Crippen LogP) is 5.37. The maximum Gasteiger partial charge on any atom is 0.319 e. The SMILES string of the molecule is C[C@@H](NC(=O)Nc1ccc(Oc2ncnc3cc(OCCCN4CCN(C)CC4)c4c(c23)OCCO4)cc1F)c1ccc(F)cc1. The summed E-state index contributed by atoms with van der Waals surface area (Å²) in [5.74, 6) is 0.593. The molecule has 6 rings (SSSR count). The van der Waals surface area contributed by atoms with E-state index in [0.29, 0.717) is 53.5 Å². The Morgan fingerprint density at radius 1 is 1.00 bits per heavy atom. The minimum atomic E-state index is -0.714. The number of urea groups is 1. The number of benzene rings is 3. The van der Waals surface area contributed by atoms with E-state index in [-0.39, 0.29) is 23.1 Å². The Hall–Kier alpha value is -4.75. The number of rotatable bonds is 10. The van der Waals surface area contributed by atoms with Crippen molar-refractivity contribution in [2.45, 2.75) is 19.4 Å². The summed E-state index contributed by atoms with van der Waals surface area (Å²) < 4.78 is 52.4. The van der Waals surface area contributed by atoms with Crippen LogP contribution >= 0.6 is 0 Å². The number of carbonyl (C=O) groups excluding carboxylic acids is 1. The van der Waals surface area contributed by atoms with Gasteiger partial charge in [-0.05, 0) is 50.2 Å². The molecular weight excluding hydrogens is 598 g/mol. The highest BCUT2D eigenvalue weighted by Crippen LogP contribution is 2.48. The zero-order chi connectivity index (χ0) is 32.0. The number of likely N-dealkylation sites (N-methyl/N-ethyl adjacent to an activating group) is 1. The Labute approximate surface area is 265 Å². The summed E-state index contributed by atoms with van der Waals surface area (Å²) in [6.07, 6.45) is 2.21. The number of anilines is 1. The molecule has 2 aliphatic rings. The lowest BCUT2D eigenvalue weighted by Gasteiger charge is -2.32. The van der Waals surface area contributed by atoms with Crippen LogP contribution in [0.15, 0.2) is 54.9 Å². The van der Waals surface area contributed by atoms with Crippen LogP contribution in [-0.4, -0.2) is 85.4 Å². The molecule has 46 heavy (non-hydrogen) atoms. The third-order valence-electron chi connectivity index (χ3n) is 7.94. The second kappa shape index (κ2) is 14.1. The molecule has 4 aromatic rings. The molecule has 0 bridgehead atoms. The number of carbonyl (C=O) groups is 1. The molecule has 0 unspecified atom stereocenters. The zero-order valence-corrected chi connectivity index (χ0v) is 25.7. The van der Waals surface area contributed by atoms with Crippen molar-refractivity contribution >= 4 is 22.6 Å². The van der Waals surface area contributed by atoms with Crippen LogP contribution < -0.4 is 29.6 Å². The smallest absolute Gasteiger partial charge is 0.319 e. The first kappa shape index (κ1) is 31.2. The molecule has 0 spiro atoms. The first-order chi connectivity index (χ1) is 22.3. The summed E-state index contributed by atoms with van der Waals surface area (Å²) in [6.45, 7) is 8.11. The van der Waals surface area contributed by atoms with E-state index in [0.717, 1.165) is 45.2 Å². The number of halogens is 2. The van der Waals surface area contributed by atoms with Crippen molar-refractivity contribution in [3.05, 3.63) is 72.1 Å². The lowest BCUT2D eigenvalue weighted by molar-refractivity contribution is 0.142. The second-order valence-corrected chi connectivity index (χ2v) is 11.3. The fourth-order valence-electron chi connectivity index (χ4n) is 5.37. The van der Waals surface area contributed by atoms with E-state index >= 15 is 4.39 Å². The lowest BCUT2D eigenvalue weighted by atomic mass is 10.1. The topological polar surface area (TPSA) is 110 Å². The molecule has 13 heteroatoms. The molecule has 0 radical (unpaired) electrons. The van der Waals surface area contributed by atoms with Crippen LogP contribution in [0.2, 0.25) is 0 Å². The van der Waals surface area contributed by atoms with E-state index in [4.69, 9.17) is 18.9 Å². The molecule has 242 valence electrons. The molecule has 1 saturated heterocycles. The van der Waals surface area contributed by atoms with Gasteiger partial charge in [-0.25, -0.2) is 23.5 Å². The van der Waals surface area contributed by atoms with Gasteiger partial charge >= 0.3 is 6.03 Å². The van der Waals surface area contributed by atoms with Crippen molar-refractivity contribution in [3.63, 3.8) is 0 Å². The fraction of sp³-hybridized carbons (Fsp3) is 0.364. The largest absolute Gasteiger partial charge is 0.489 e. The van der Waals surface area contributed by atoms with Gasteiger partial charge in [0.05, 0.1) is 23.9 Å². The van der Waals surface area contributed by atoms with E-state index in [2.05, 4.69) is 37.4 Å². The van der Waals surface area contributed by atoms with E-state index in [1.54, 1.807) is 25.1 Å². The van der Waals surface area contributed by atoms with Gasteiger partial charge in [-0.1, -0.05) is 12.1 Å². The average Bonchev–Trinajstić information content (AvgIpc) is 3.05. The Kier molecular flexibility index (Phi) is 9.60. The molecule has 1 aromatic heterocycles. The number of aromatic nitrogens is 2. The minimum absolute atomic E-state index is 0.0489. The number of hydrogen-bond donors (Lipinski definition) is 2. The normalized spacial score (nSPS) is 15.7. The molecule has 1 atom stereocenters. The number of nitrogens with one attached hydrogen (secondary N) is 2. The summed E-state index contributed by atoms with van der Waals surface area (Å²) >= 11 is 0. The Morgan fingerprint density at radius 2 is 1.76 bits per heavy atom. The van der Waals surface area contributed by atoms with Gasteiger partial charge < -0.3 is 39.4 Å². The number of amides is 2. The van der Waals surface area contributed by atoms with E-state index in [9.17, 15) is 9.18 Å². The highest BCUT2D eigenvalue weighted by molar-refractivity contribution is 5.94. The van der Waals surface area contributed by atoms with Crippen LogP contribution in [0.5, 0.6) is 28.9 Å². The van der Waals surface area contributed by atoms with Crippen LogP contribution in [-0.2, 0) is 0 Å². The maximum atomic E-state index is 15.1. The monoisotopic (exact) mass is 634 g/mol. The first-order valence-electron chi connectivity index (χ1n) is 15.3. The summed E-state index contributed by atoms with van der Waals surface area (Å²) in [5, 5.41) is 5.67. The Morgan fingerprint density at radius 3 is 2.52 bits per heavy atom. The van der Waals surface area contributed by atoms with Crippen LogP contribution in [0.25, 0.3) is 10.9 Å². The van der Waals surface area contributed by atoms with Crippen LogP contribution in [0.1, 0.15) is 24.9 Å². The van der Waals surface area contributed by atoms with E-state index in [1.165, 1.54) is 30.6 Å². The van der Waals surface area contributed by atoms with Gasteiger partial charge in [0.1, 0.15) is 42.3 Å². The maximum absolute atomic E-state index is 15.1. The quantitative estimate of drug-likeness (QED) is 0.223. The highest BCUT2D eigenvalue weighted by Gasteiger charge is 2.26. The number of fused-ring (bicyclic) bond motifs is 3. The summed E-state index contributed by atoms with van der Waals surface area (Å²) in [7, 11) is 2.14. The van der Waals surface area contributed by atoms with Gasteiger partial charge in [0.2, 0.25) is 11.6 Å². The van der Waals surface area contributed by atoms with E-state index in [1.807, 2.05) is 0 Å². The van der Waals surface area contributed by atoms with Crippen molar-refractivity contribution < 1.29 is 32.5 Å². The minimum Gasteiger partial charge on any atom is -0.489 e. The van der Waals surface area contributed by atoms with Crippen molar-refractivity contribution in [3.8, 4) is 28.9 Å². The zero-order valence-electron chi connectivity index (χ0n) is 25.7. The van der Waals surface area contributed by atoms with E-state index < -0.39 is 17.9 Å². The molecule has 3 aromatic carbocycles. The van der Waals surface area contributed by atoms with Crippen molar-refractivity contribution in [2.24, 2.45) is 0 Å². The molecule has 1 fully saturated rings. The van der Waals surface area contributed by atoms with Crippen molar-refractivity contribution in [1.82, 2.24) is 25.1 Å². The van der Waals surface area contributed by atoms with Crippen LogP contribution in [0.3, 0.4) is 0 Å². The standard InChI is InChI=1S/C33H36F2N6O5/c1-21(22-4-6-23(34)7-5-22)38-33(42)39-26-9-8-24(18-25(26)35)46-32-29-27(36-20-37-32)19-28(30-31(29)45-17-16-44-30)43-15-3-10-41-13-11-40(2)12-14-41/h4-9,18-21H,3,10-17H2,1-2H3,(H2,38,39,42)/t21-/m1/s1. The molecular formula is C33H36F2N6O5. The fourth-order valence-corrected chi connectivity index (χ4v) is 5.37. The Bertz CT molecular complexity index is 1680. The highest BCUT2D eigenvalue weighted by atomic mass is 19.1. The second-order valence-electron chi connectivity index (χ2n) is 11.3. The predicted molar refractivity (Wildman–Crippen MR) is 168 cm³/mol. The molecule has 2 aliphatic heterocycles. The molecule has 3 heterocycles. The molecule has 0 saturated carbocycles. The number of nitrogens with zero attached hydrogens (tertiary/aromatic N) is 4. The number of ether oxygens (including phenoxy) is 4. The molecule has 11 nitrogen and oxygen atoms in total.